The maximum atomic E-state index is 3.72. The predicted octanol–water partition coefficient (Wildman–Crippen LogP) is 8.33. The van der Waals surface area contributed by atoms with Crippen LogP contribution in [0.2, 0.25) is 0 Å². The summed E-state index contributed by atoms with van der Waals surface area (Å²) in [6, 6.07) is 0.692. The first-order chi connectivity index (χ1) is 14.8. The van der Waals surface area contributed by atoms with Crippen molar-refractivity contribution < 1.29 is 0 Å². The molecule has 10 atom stereocenters. The first kappa shape index (κ1) is 23.7. The van der Waals surface area contributed by atoms with Gasteiger partial charge >= 0.3 is 0 Å². The van der Waals surface area contributed by atoms with Gasteiger partial charge in [0.2, 0.25) is 0 Å². The number of hydrogen-bond donors (Lipinski definition) is 1. The lowest BCUT2D eigenvalue weighted by molar-refractivity contribution is -0.239. The van der Waals surface area contributed by atoms with E-state index in [9.17, 15) is 0 Å². The van der Waals surface area contributed by atoms with E-state index in [-0.39, 0.29) is 0 Å². The second-order valence-corrected chi connectivity index (χ2v) is 15.5. The fourth-order valence-electron chi connectivity index (χ4n) is 12.3. The molecule has 0 heterocycles. The molecule has 0 aromatic rings. The summed E-state index contributed by atoms with van der Waals surface area (Å²) < 4.78 is 0. The second kappa shape index (κ2) is 7.24. The van der Waals surface area contributed by atoms with E-state index in [1.54, 1.807) is 0 Å². The highest BCUT2D eigenvalue weighted by Crippen LogP contribution is 2.77. The standard InChI is InChI=1S/C31H55N/c1-20(2)21-12-15-28(5)18-19-30(7)22(26(21)28)10-11-24-29(6)16-14-25(32-9)27(3,4)23(29)13-17-31(24,30)8/h20-26,32H,10-19H2,1-9H3/t21-,22?,23?,24?,25-,26?,28+,29-,30+,31?/m0/s1. The smallest absolute Gasteiger partial charge is 0.0118 e. The molecule has 1 heteroatoms. The first-order valence-corrected chi connectivity index (χ1v) is 14.5. The Hall–Kier alpha value is -0.0400. The van der Waals surface area contributed by atoms with Crippen LogP contribution in [0.4, 0.5) is 0 Å². The summed E-state index contributed by atoms with van der Waals surface area (Å²) in [5.41, 5.74) is 2.67. The van der Waals surface area contributed by atoms with Crippen molar-refractivity contribution >= 4 is 0 Å². The summed E-state index contributed by atoms with van der Waals surface area (Å²) in [6.07, 6.45) is 14.8. The Morgan fingerprint density at radius 2 is 1.41 bits per heavy atom. The summed E-state index contributed by atoms with van der Waals surface area (Å²) in [7, 11) is 2.21. The molecule has 0 radical (unpaired) electrons. The van der Waals surface area contributed by atoms with E-state index in [0.717, 1.165) is 35.5 Å². The monoisotopic (exact) mass is 441 g/mol. The molecule has 0 aromatic carbocycles. The minimum atomic E-state index is 0.417. The van der Waals surface area contributed by atoms with Gasteiger partial charge in [-0.05, 0) is 134 Å². The van der Waals surface area contributed by atoms with Crippen molar-refractivity contribution in [2.75, 3.05) is 7.05 Å². The van der Waals surface area contributed by atoms with Gasteiger partial charge in [0.15, 0.2) is 0 Å². The van der Waals surface area contributed by atoms with Gasteiger partial charge < -0.3 is 5.32 Å². The van der Waals surface area contributed by atoms with E-state index in [2.05, 4.69) is 67.8 Å². The molecule has 1 N–H and O–H groups in total. The molecule has 0 amide bonds. The molecule has 0 spiro atoms. The molecule has 0 aliphatic heterocycles. The summed E-state index contributed by atoms with van der Waals surface area (Å²) >= 11 is 0. The van der Waals surface area contributed by atoms with E-state index in [1.807, 2.05) is 0 Å². The summed E-state index contributed by atoms with van der Waals surface area (Å²) in [5.74, 6) is 5.60. The Kier molecular flexibility index (Phi) is 5.36. The van der Waals surface area contributed by atoms with Gasteiger partial charge in [-0.25, -0.2) is 0 Å². The van der Waals surface area contributed by atoms with Crippen molar-refractivity contribution in [1.82, 2.24) is 5.32 Å². The molecule has 5 saturated carbocycles. The van der Waals surface area contributed by atoms with E-state index < -0.39 is 0 Å². The van der Waals surface area contributed by atoms with E-state index in [4.69, 9.17) is 0 Å². The lowest BCUT2D eigenvalue weighted by Crippen LogP contribution is -2.67. The maximum Gasteiger partial charge on any atom is 0.0118 e. The quantitative estimate of drug-likeness (QED) is 0.454. The van der Waals surface area contributed by atoms with Crippen molar-refractivity contribution in [3.63, 3.8) is 0 Å². The lowest BCUT2D eigenvalue weighted by atomic mass is 9.32. The van der Waals surface area contributed by atoms with Crippen molar-refractivity contribution in [3.8, 4) is 0 Å². The summed E-state index contributed by atoms with van der Waals surface area (Å²) in [6.45, 7) is 21.4. The van der Waals surface area contributed by atoms with Crippen molar-refractivity contribution in [2.45, 2.75) is 126 Å². The predicted molar refractivity (Wildman–Crippen MR) is 138 cm³/mol. The van der Waals surface area contributed by atoms with E-state index in [1.165, 1.54) is 64.2 Å². The third kappa shape index (κ3) is 2.79. The molecule has 184 valence electrons. The SMILES string of the molecule is CN[C@H]1CC[C@@]2(C)C(CCC3(C)C2CCC2C4[C@H](C(C)C)CC[C@]4(C)CC[C@]23C)C1(C)C. The molecule has 0 bridgehead atoms. The molecule has 5 aliphatic rings. The van der Waals surface area contributed by atoms with E-state index >= 15 is 0 Å². The first-order valence-electron chi connectivity index (χ1n) is 14.5. The van der Waals surface area contributed by atoms with Crippen LogP contribution in [0.3, 0.4) is 0 Å². The van der Waals surface area contributed by atoms with Crippen LogP contribution in [0.5, 0.6) is 0 Å². The van der Waals surface area contributed by atoms with Gasteiger partial charge in [-0.1, -0.05) is 55.4 Å². The molecule has 0 aromatic heterocycles. The Morgan fingerprint density at radius 3 is 2.06 bits per heavy atom. The van der Waals surface area contributed by atoms with Crippen LogP contribution in [-0.2, 0) is 0 Å². The minimum Gasteiger partial charge on any atom is -0.316 e. The average molecular weight is 442 g/mol. The van der Waals surface area contributed by atoms with Gasteiger partial charge in [0.25, 0.3) is 0 Å². The number of hydrogen-bond acceptors (Lipinski definition) is 1. The molecule has 1 nitrogen and oxygen atoms in total. The zero-order valence-electron chi connectivity index (χ0n) is 23.1. The van der Waals surface area contributed by atoms with Crippen LogP contribution in [0.25, 0.3) is 0 Å². The van der Waals surface area contributed by atoms with E-state index in [0.29, 0.717) is 33.1 Å². The van der Waals surface area contributed by atoms with Gasteiger partial charge in [-0.3, -0.25) is 0 Å². The minimum absolute atomic E-state index is 0.417. The zero-order valence-corrected chi connectivity index (χ0v) is 23.1. The maximum absolute atomic E-state index is 3.72. The third-order valence-corrected chi connectivity index (χ3v) is 14.1. The summed E-state index contributed by atoms with van der Waals surface area (Å²) in [4.78, 5) is 0. The van der Waals surface area contributed by atoms with Crippen LogP contribution in [-0.4, -0.2) is 13.1 Å². The normalized spacial score (nSPS) is 56.8. The Bertz CT molecular complexity index is 739. The summed E-state index contributed by atoms with van der Waals surface area (Å²) in [5, 5.41) is 3.72. The molecule has 5 unspecified atom stereocenters. The third-order valence-electron chi connectivity index (χ3n) is 14.1. The van der Waals surface area contributed by atoms with Gasteiger partial charge in [-0.15, -0.1) is 0 Å². The van der Waals surface area contributed by atoms with Crippen LogP contribution < -0.4 is 5.32 Å². The fourth-order valence-corrected chi connectivity index (χ4v) is 12.3. The molecule has 0 saturated heterocycles. The Labute approximate surface area is 200 Å². The molecular weight excluding hydrogens is 386 g/mol. The number of rotatable bonds is 2. The van der Waals surface area contributed by atoms with Gasteiger partial charge in [-0.2, -0.15) is 0 Å². The fraction of sp³-hybridized carbons (Fsp3) is 1.00. The Balaban J connectivity index is 1.52. The van der Waals surface area contributed by atoms with Crippen molar-refractivity contribution in [2.24, 2.45) is 62.6 Å². The second-order valence-electron chi connectivity index (χ2n) is 15.5. The van der Waals surface area contributed by atoms with Gasteiger partial charge in [0.1, 0.15) is 0 Å². The highest BCUT2D eigenvalue weighted by Gasteiger charge is 2.70. The highest BCUT2D eigenvalue weighted by atomic mass is 14.9. The van der Waals surface area contributed by atoms with Gasteiger partial charge in [0, 0.05) is 6.04 Å². The molecule has 5 aliphatic carbocycles. The highest BCUT2D eigenvalue weighted by molar-refractivity contribution is 5.19. The van der Waals surface area contributed by atoms with Crippen LogP contribution in [0.1, 0.15) is 120 Å². The lowest BCUT2D eigenvalue weighted by Gasteiger charge is -2.73. The topological polar surface area (TPSA) is 12.0 Å². The molecule has 32 heavy (non-hydrogen) atoms. The Morgan fingerprint density at radius 1 is 0.688 bits per heavy atom. The van der Waals surface area contributed by atoms with Crippen LogP contribution in [0, 0.1) is 62.6 Å². The average Bonchev–Trinajstić information content (AvgIpc) is 3.06. The van der Waals surface area contributed by atoms with Crippen molar-refractivity contribution in [3.05, 3.63) is 0 Å². The van der Waals surface area contributed by atoms with Crippen LogP contribution in [0.15, 0.2) is 0 Å². The van der Waals surface area contributed by atoms with Gasteiger partial charge in [0.05, 0.1) is 0 Å². The number of fused-ring (bicyclic) bond motifs is 7. The largest absolute Gasteiger partial charge is 0.316 e. The van der Waals surface area contributed by atoms with Crippen molar-refractivity contribution in [1.29, 1.82) is 0 Å². The number of nitrogens with one attached hydrogen (secondary N) is 1. The zero-order chi connectivity index (χ0) is 23.3. The molecule has 5 rings (SSSR count). The van der Waals surface area contributed by atoms with Crippen LogP contribution >= 0.6 is 0 Å². The molecule has 5 fully saturated rings. The molecular formula is C31H55N.